The fourth-order valence-corrected chi connectivity index (χ4v) is 3.50. The number of hydrogen-bond acceptors (Lipinski definition) is 8. The molecule has 0 saturated heterocycles. The van der Waals surface area contributed by atoms with Gasteiger partial charge in [0.25, 0.3) is 5.16 Å². The predicted octanol–water partition coefficient (Wildman–Crippen LogP) is -1.40. The minimum Gasteiger partial charge on any atom is -0.467 e. The van der Waals surface area contributed by atoms with E-state index in [4.69, 9.17) is 16.7 Å². The first-order valence-corrected chi connectivity index (χ1v) is 8.07. The highest BCUT2D eigenvalue weighted by molar-refractivity contribution is 7.94. The SMILES string of the molecule is COc1nc(Cl)nc(S(=O)(=O)CCS(N)(=O)=O)n1. The van der Waals surface area contributed by atoms with Crippen LogP contribution in [0.1, 0.15) is 0 Å². The summed E-state index contributed by atoms with van der Waals surface area (Å²) in [5.41, 5.74) is 0. The molecule has 0 saturated carbocycles. The van der Waals surface area contributed by atoms with Gasteiger partial charge in [0.1, 0.15) is 0 Å². The average molecular weight is 317 g/mol. The molecule has 1 aromatic rings. The number of hydrogen-bond donors (Lipinski definition) is 1. The third-order valence-electron chi connectivity index (χ3n) is 1.66. The molecule has 9 nitrogen and oxygen atoms in total. The molecular weight excluding hydrogens is 308 g/mol. The number of sulfonamides is 1. The van der Waals surface area contributed by atoms with Crippen molar-refractivity contribution in [1.82, 2.24) is 15.0 Å². The Morgan fingerprint density at radius 1 is 1.17 bits per heavy atom. The van der Waals surface area contributed by atoms with Crippen LogP contribution in [0.4, 0.5) is 0 Å². The molecule has 1 aromatic heterocycles. The number of aromatic nitrogens is 3. The third kappa shape index (κ3) is 4.33. The smallest absolute Gasteiger partial charge is 0.321 e. The number of primary sulfonamides is 1. The van der Waals surface area contributed by atoms with Crippen molar-refractivity contribution in [2.24, 2.45) is 5.14 Å². The van der Waals surface area contributed by atoms with Crippen molar-refractivity contribution < 1.29 is 21.6 Å². The normalized spacial score (nSPS) is 12.4. The standard InChI is InChI=1S/C6H9ClN4O5S2/c1-16-5-9-4(7)10-6(11-5)17(12,13)2-3-18(8,14)15/h2-3H2,1H3,(H2,8,14,15). The highest BCUT2D eigenvalue weighted by atomic mass is 35.5. The number of rotatable bonds is 5. The van der Waals surface area contributed by atoms with E-state index in [9.17, 15) is 16.8 Å². The summed E-state index contributed by atoms with van der Waals surface area (Å²) in [7, 11) is -6.73. The topological polar surface area (TPSA) is 142 Å². The number of sulfone groups is 1. The molecular formula is C6H9ClN4O5S2. The molecule has 18 heavy (non-hydrogen) atoms. The minimum atomic E-state index is -4.03. The van der Waals surface area contributed by atoms with Gasteiger partial charge in [0, 0.05) is 0 Å². The summed E-state index contributed by atoms with van der Waals surface area (Å²) in [4.78, 5) is 10.4. The molecule has 0 unspecified atom stereocenters. The molecule has 0 aliphatic carbocycles. The molecule has 2 N–H and O–H groups in total. The molecule has 0 aromatic carbocycles. The summed E-state index contributed by atoms with van der Waals surface area (Å²) in [6, 6.07) is -0.288. The highest BCUT2D eigenvalue weighted by Crippen LogP contribution is 2.12. The van der Waals surface area contributed by atoms with E-state index >= 15 is 0 Å². The van der Waals surface area contributed by atoms with E-state index in [0.29, 0.717) is 0 Å². The van der Waals surface area contributed by atoms with Crippen LogP contribution >= 0.6 is 11.6 Å². The first-order valence-electron chi connectivity index (χ1n) is 4.33. The van der Waals surface area contributed by atoms with Gasteiger partial charge in [0.2, 0.25) is 25.1 Å². The molecule has 1 rings (SSSR count). The number of nitrogens with two attached hydrogens (primary N) is 1. The van der Waals surface area contributed by atoms with Crippen LogP contribution in [0.3, 0.4) is 0 Å². The summed E-state index contributed by atoms with van der Waals surface area (Å²) >= 11 is 5.48. The van der Waals surface area contributed by atoms with E-state index in [1.807, 2.05) is 0 Å². The molecule has 0 amide bonds. The van der Waals surface area contributed by atoms with E-state index in [0.717, 1.165) is 0 Å². The maximum atomic E-state index is 11.7. The van der Waals surface area contributed by atoms with Gasteiger partial charge < -0.3 is 4.74 Å². The van der Waals surface area contributed by atoms with Gasteiger partial charge >= 0.3 is 6.01 Å². The molecule has 0 spiro atoms. The number of ether oxygens (including phenoxy) is 1. The predicted molar refractivity (Wildman–Crippen MR) is 61.4 cm³/mol. The fourth-order valence-electron chi connectivity index (χ4n) is 0.862. The summed E-state index contributed by atoms with van der Waals surface area (Å²) < 4.78 is 49.5. The second-order valence-electron chi connectivity index (χ2n) is 3.06. The van der Waals surface area contributed by atoms with Crippen LogP contribution in [-0.4, -0.2) is 50.4 Å². The van der Waals surface area contributed by atoms with Gasteiger partial charge in [-0.1, -0.05) is 0 Å². The third-order valence-corrected chi connectivity index (χ3v) is 4.35. The van der Waals surface area contributed by atoms with Crippen LogP contribution in [0.25, 0.3) is 0 Å². The van der Waals surface area contributed by atoms with Crippen molar-refractivity contribution in [3.05, 3.63) is 5.28 Å². The second-order valence-corrected chi connectivity index (χ2v) is 7.13. The van der Waals surface area contributed by atoms with Gasteiger partial charge in [0.05, 0.1) is 18.6 Å². The summed E-state index contributed by atoms with van der Waals surface area (Å²) in [5, 5.41) is 3.67. The van der Waals surface area contributed by atoms with Crippen LogP contribution in [-0.2, 0) is 19.9 Å². The van der Waals surface area contributed by atoms with Crippen LogP contribution in [0.15, 0.2) is 5.16 Å². The molecule has 1 heterocycles. The Bertz CT molecular complexity index is 644. The second kappa shape index (κ2) is 5.30. The Labute approximate surface area is 108 Å². The zero-order chi connectivity index (χ0) is 14.0. The van der Waals surface area contributed by atoms with E-state index in [-0.39, 0.29) is 11.3 Å². The van der Waals surface area contributed by atoms with Gasteiger partial charge in [-0.3, -0.25) is 0 Å². The van der Waals surface area contributed by atoms with Gasteiger partial charge in [0.15, 0.2) is 0 Å². The lowest BCUT2D eigenvalue weighted by molar-refractivity contribution is 0.371. The maximum Gasteiger partial charge on any atom is 0.321 e. The summed E-state index contributed by atoms with van der Waals surface area (Å²) in [5.74, 6) is -1.50. The molecule has 0 radical (unpaired) electrons. The van der Waals surface area contributed by atoms with Gasteiger partial charge in [-0.25, -0.2) is 22.0 Å². The highest BCUT2D eigenvalue weighted by Gasteiger charge is 2.22. The van der Waals surface area contributed by atoms with Crippen molar-refractivity contribution in [3.63, 3.8) is 0 Å². The Morgan fingerprint density at radius 3 is 2.28 bits per heavy atom. The molecule has 0 aliphatic rings. The van der Waals surface area contributed by atoms with Crippen molar-refractivity contribution >= 4 is 31.5 Å². The van der Waals surface area contributed by atoms with Crippen LogP contribution in [0, 0.1) is 0 Å². The monoisotopic (exact) mass is 316 g/mol. The number of methoxy groups -OCH3 is 1. The summed E-state index contributed by atoms with van der Waals surface area (Å²) in [6.45, 7) is 0. The number of nitrogens with zero attached hydrogens (tertiary/aromatic N) is 3. The molecule has 0 bridgehead atoms. The quantitative estimate of drug-likeness (QED) is 0.698. The Kier molecular flexibility index (Phi) is 4.42. The minimum absolute atomic E-state index is 0.288. The Hall–Kier alpha value is -1.04. The average Bonchev–Trinajstić information content (AvgIpc) is 2.25. The molecule has 0 aliphatic heterocycles. The van der Waals surface area contributed by atoms with Crippen LogP contribution < -0.4 is 9.88 Å². The lowest BCUT2D eigenvalue weighted by atomic mass is 11.0. The van der Waals surface area contributed by atoms with E-state index in [1.54, 1.807) is 0 Å². The first-order chi connectivity index (χ1) is 8.14. The zero-order valence-corrected chi connectivity index (χ0v) is 11.5. The van der Waals surface area contributed by atoms with Crippen molar-refractivity contribution in [2.75, 3.05) is 18.6 Å². The maximum absolute atomic E-state index is 11.7. The number of halogens is 1. The van der Waals surface area contributed by atoms with Gasteiger partial charge in [-0.05, 0) is 11.6 Å². The Balaban J connectivity index is 3.09. The van der Waals surface area contributed by atoms with Crippen molar-refractivity contribution in [1.29, 1.82) is 0 Å². The zero-order valence-electron chi connectivity index (χ0n) is 9.07. The molecule has 102 valence electrons. The van der Waals surface area contributed by atoms with Crippen LogP contribution in [0.5, 0.6) is 6.01 Å². The molecule has 0 atom stereocenters. The molecule has 0 fully saturated rings. The largest absolute Gasteiger partial charge is 0.467 e. The lowest BCUT2D eigenvalue weighted by Crippen LogP contribution is -2.24. The molecule has 12 heteroatoms. The van der Waals surface area contributed by atoms with E-state index in [2.05, 4.69) is 19.7 Å². The van der Waals surface area contributed by atoms with Crippen molar-refractivity contribution in [3.8, 4) is 6.01 Å². The van der Waals surface area contributed by atoms with Gasteiger partial charge in [-0.15, -0.1) is 0 Å². The van der Waals surface area contributed by atoms with Crippen molar-refractivity contribution in [2.45, 2.75) is 5.16 Å². The first kappa shape index (κ1) is 15.0. The van der Waals surface area contributed by atoms with Gasteiger partial charge in [-0.2, -0.15) is 15.0 Å². The van der Waals surface area contributed by atoms with Crippen LogP contribution in [0.2, 0.25) is 5.28 Å². The summed E-state index contributed by atoms with van der Waals surface area (Å²) in [6.07, 6.45) is 0. The van der Waals surface area contributed by atoms with E-state index in [1.165, 1.54) is 7.11 Å². The fraction of sp³-hybridized carbons (Fsp3) is 0.500. The lowest BCUT2D eigenvalue weighted by Gasteiger charge is -2.03. The van der Waals surface area contributed by atoms with E-state index < -0.39 is 36.5 Å². The Morgan fingerprint density at radius 2 is 1.78 bits per heavy atom.